The maximum Gasteiger partial charge on any atom is 0.409 e. The van der Waals surface area contributed by atoms with Crippen LogP contribution in [0.3, 0.4) is 0 Å². The van der Waals surface area contributed by atoms with Crippen LogP contribution in [0.5, 0.6) is 17.2 Å². The molecule has 13 heteroatoms. The molecule has 6 N–H and O–H groups in total. The van der Waals surface area contributed by atoms with E-state index in [1.807, 2.05) is 48.5 Å². The first-order chi connectivity index (χ1) is 24.5. The van der Waals surface area contributed by atoms with Gasteiger partial charge in [-0.05, 0) is 53.8 Å². The van der Waals surface area contributed by atoms with Crippen LogP contribution in [0.15, 0.2) is 89.7 Å². The number of nitrogens with one attached hydrogen (secondary N) is 3. The third-order valence-electron chi connectivity index (χ3n) is 8.40. The van der Waals surface area contributed by atoms with Gasteiger partial charge >= 0.3 is 6.09 Å². The van der Waals surface area contributed by atoms with Gasteiger partial charge in [0.1, 0.15) is 17.2 Å². The number of hydrogen-bond donors (Lipinski definition) is 6. The van der Waals surface area contributed by atoms with Gasteiger partial charge in [0.15, 0.2) is 6.61 Å². The van der Waals surface area contributed by atoms with Gasteiger partial charge in [-0.1, -0.05) is 60.1 Å². The molecule has 0 unspecified atom stereocenters. The summed E-state index contributed by atoms with van der Waals surface area (Å²) in [6, 6.07) is 24.4. The van der Waals surface area contributed by atoms with Crippen LogP contribution in [0.25, 0.3) is 22.0 Å². The minimum atomic E-state index is -1.14. The predicted octanol–water partition coefficient (Wildman–Crippen LogP) is 5.95. The number of anilines is 1. The summed E-state index contributed by atoms with van der Waals surface area (Å²) in [4.78, 5) is 40.2. The highest BCUT2D eigenvalue weighted by molar-refractivity contribution is 6.32. The fourth-order valence-corrected chi connectivity index (χ4v) is 5.99. The topological polar surface area (TPSA) is 173 Å². The van der Waals surface area contributed by atoms with Gasteiger partial charge in [-0.2, -0.15) is 0 Å². The molecule has 51 heavy (non-hydrogen) atoms. The minimum absolute atomic E-state index is 0.0880. The molecule has 5 aromatic rings. The molecule has 0 saturated heterocycles. The van der Waals surface area contributed by atoms with Crippen LogP contribution in [-0.4, -0.2) is 71.1 Å². The van der Waals surface area contributed by atoms with Crippen molar-refractivity contribution in [2.24, 2.45) is 0 Å². The van der Waals surface area contributed by atoms with Crippen LogP contribution in [0, 0.1) is 0 Å². The SMILES string of the molecule is COc1cc(OCC(=O)N(C)CCCc2ccc(-c3ccccc3)c(NC(=O)O)c2)c(Cl)cc1CNC[C@@H](O)c1ccc(O)c2[nH]c(=O)ccc12. The molecule has 4 aromatic carbocycles. The van der Waals surface area contributed by atoms with E-state index in [1.54, 1.807) is 36.2 Å². The Morgan fingerprint density at radius 2 is 1.78 bits per heavy atom. The Hall–Kier alpha value is -5.56. The number of aromatic nitrogens is 1. The van der Waals surface area contributed by atoms with Crippen molar-refractivity contribution in [1.29, 1.82) is 0 Å². The summed E-state index contributed by atoms with van der Waals surface area (Å²) in [6.45, 7) is 0.652. The number of amides is 2. The average Bonchev–Trinajstić information content (AvgIpc) is 3.11. The van der Waals surface area contributed by atoms with Gasteiger partial charge in [0.05, 0.1) is 29.4 Å². The van der Waals surface area contributed by atoms with Crippen molar-refractivity contribution in [3.63, 3.8) is 0 Å². The Kier molecular flexibility index (Phi) is 12.2. The number of nitrogens with zero attached hydrogens (tertiary/aromatic N) is 1. The number of aliphatic hydroxyl groups excluding tert-OH is 1. The number of H-pyrrole nitrogens is 1. The van der Waals surface area contributed by atoms with Crippen molar-refractivity contribution in [3.8, 4) is 28.4 Å². The van der Waals surface area contributed by atoms with Crippen LogP contribution < -0.4 is 25.7 Å². The smallest absolute Gasteiger partial charge is 0.409 e. The van der Waals surface area contributed by atoms with Crippen LogP contribution in [0.2, 0.25) is 5.02 Å². The summed E-state index contributed by atoms with van der Waals surface area (Å²) in [6.07, 6.45) is -0.815. The van der Waals surface area contributed by atoms with E-state index in [2.05, 4.69) is 15.6 Å². The zero-order valence-electron chi connectivity index (χ0n) is 28.1. The number of aromatic amines is 1. The summed E-state index contributed by atoms with van der Waals surface area (Å²) in [5.74, 6) is 0.415. The molecule has 1 aromatic heterocycles. The highest BCUT2D eigenvalue weighted by Crippen LogP contribution is 2.34. The Morgan fingerprint density at radius 1 is 1.00 bits per heavy atom. The zero-order chi connectivity index (χ0) is 36.5. The van der Waals surface area contributed by atoms with Crippen LogP contribution in [-0.2, 0) is 17.8 Å². The normalized spacial score (nSPS) is 11.6. The molecule has 12 nitrogen and oxygen atoms in total. The van der Waals surface area contributed by atoms with Crippen LogP contribution in [0.4, 0.5) is 10.5 Å². The number of phenolic OH excluding ortho intramolecular Hbond substituents is 1. The number of aromatic hydroxyl groups is 1. The summed E-state index contributed by atoms with van der Waals surface area (Å²) in [5, 5.41) is 36.8. The Morgan fingerprint density at radius 3 is 2.53 bits per heavy atom. The molecule has 1 atom stereocenters. The largest absolute Gasteiger partial charge is 0.506 e. The quantitative estimate of drug-likeness (QED) is 0.0767. The number of phenols is 1. The Bertz CT molecular complexity index is 2070. The first-order valence-electron chi connectivity index (χ1n) is 16.2. The molecule has 0 fully saturated rings. The van der Waals surface area contributed by atoms with Crippen molar-refractivity contribution in [1.82, 2.24) is 15.2 Å². The highest BCUT2D eigenvalue weighted by atomic mass is 35.5. The minimum Gasteiger partial charge on any atom is -0.506 e. The van der Waals surface area contributed by atoms with E-state index in [-0.39, 0.29) is 53.2 Å². The van der Waals surface area contributed by atoms with Gasteiger partial charge < -0.3 is 40.0 Å². The third-order valence-corrected chi connectivity index (χ3v) is 8.70. The molecular formula is C38H39ClN4O8. The number of rotatable bonds is 15. The summed E-state index contributed by atoms with van der Waals surface area (Å²) >= 11 is 6.52. The lowest BCUT2D eigenvalue weighted by Crippen LogP contribution is -2.32. The van der Waals surface area contributed by atoms with Gasteiger partial charge in [-0.25, -0.2) is 4.79 Å². The van der Waals surface area contributed by atoms with E-state index in [0.29, 0.717) is 47.3 Å². The number of carbonyl (C=O) groups is 2. The fraction of sp³-hybridized carbons (Fsp3) is 0.237. The first-order valence-corrected chi connectivity index (χ1v) is 16.6. The van der Waals surface area contributed by atoms with Crippen molar-refractivity contribution in [2.75, 3.05) is 39.2 Å². The summed E-state index contributed by atoms with van der Waals surface area (Å²) in [5.41, 5.74) is 4.24. The molecule has 0 radical (unpaired) electrons. The first kappa shape index (κ1) is 36.7. The molecule has 0 aliphatic heterocycles. The van der Waals surface area contributed by atoms with E-state index in [0.717, 1.165) is 16.7 Å². The number of carboxylic acid groups (broad SMARTS) is 1. The Balaban J connectivity index is 1.12. The number of hydrogen-bond acceptors (Lipinski definition) is 8. The van der Waals surface area contributed by atoms with Crippen LogP contribution >= 0.6 is 11.6 Å². The molecule has 1 heterocycles. The number of halogens is 1. The second kappa shape index (κ2) is 16.9. The van der Waals surface area contributed by atoms with E-state index < -0.39 is 12.2 Å². The van der Waals surface area contributed by atoms with Gasteiger partial charge in [0.2, 0.25) is 5.56 Å². The monoisotopic (exact) mass is 714 g/mol. The molecule has 2 amide bonds. The number of aryl methyl sites for hydroxylation is 1. The number of likely N-dealkylation sites (N-methyl/N-ethyl adjacent to an activating group) is 1. The lowest BCUT2D eigenvalue weighted by molar-refractivity contribution is -0.132. The molecular weight excluding hydrogens is 676 g/mol. The predicted molar refractivity (Wildman–Crippen MR) is 196 cm³/mol. The maximum atomic E-state index is 12.9. The van der Waals surface area contributed by atoms with Crippen molar-refractivity contribution < 1.29 is 34.4 Å². The number of fused-ring (bicyclic) bond motifs is 1. The van der Waals surface area contributed by atoms with E-state index in [1.165, 1.54) is 19.2 Å². The number of pyridine rings is 1. The van der Waals surface area contributed by atoms with Crippen molar-refractivity contribution in [3.05, 3.63) is 117 Å². The average molecular weight is 715 g/mol. The number of methoxy groups -OCH3 is 1. The lowest BCUT2D eigenvalue weighted by atomic mass is 9.99. The van der Waals surface area contributed by atoms with E-state index in [9.17, 15) is 29.7 Å². The highest BCUT2D eigenvalue weighted by Gasteiger charge is 2.17. The van der Waals surface area contributed by atoms with Gasteiger partial charge in [-0.3, -0.25) is 14.9 Å². The van der Waals surface area contributed by atoms with E-state index >= 15 is 0 Å². The van der Waals surface area contributed by atoms with E-state index in [4.69, 9.17) is 21.1 Å². The Labute approximate surface area is 299 Å². The zero-order valence-corrected chi connectivity index (χ0v) is 28.9. The second-order valence-corrected chi connectivity index (χ2v) is 12.3. The van der Waals surface area contributed by atoms with Crippen LogP contribution in [0.1, 0.15) is 29.2 Å². The summed E-state index contributed by atoms with van der Waals surface area (Å²) < 4.78 is 11.3. The number of aliphatic hydroxyl groups is 1. The van der Waals surface area contributed by atoms with Crippen molar-refractivity contribution >= 4 is 40.2 Å². The molecule has 266 valence electrons. The summed E-state index contributed by atoms with van der Waals surface area (Å²) in [7, 11) is 3.19. The number of benzene rings is 4. The maximum absolute atomic E-state index is 12.9. The lowest BCUT2D eigenvalue weighted by Gasteiger charge is -2.19. The molecule has 0 spiro atoms. The fourth-order valence-electron chi connectivity index (χ4n) is 5.75. The van der Waals surface area contributed by atoms with Gasteiger partial charge in [0.25, 0.3) is 5.91 Å². The molecule has 5 rings (SSSR count). The molecule has 0 bridgehead atoms. The number of ether oxygens (including phenoxy) is 2. The van der Waals surface area contributed by atoms with Gasteiger partial charge in [-0.15, -0.1) is 0 Å². The molecule has 0 aliphatic rings. The molecule has 0 saturated carbocycles. The number of carbonyl (C=O) groups excluding carboxylic acids is 1. The second-order valence-electron chi connectivity index (χ2n) is 11.9. The third kappa shape index (κ3) is 9.37. The standard InChI is InChI=1S/C38H39ClN4O8/c1-43(16-6-7-23-10-11-26(24-8-4-3-5-9-24)30(17-23)41-38(48)49)36(47)22-51-34-19-33(50-2)25(18-29(34)39)20-40-21-32(45)27-12-14-31(44)37-28(27)13-15-35(46)42-37/h3-5,8-15,17-19,32,40-41,44-45H,6-7,16,20-22H2,1-2H3,(H,42,46)(H,48,49)/t32-/m1/s1. The molecule has 0 aliphatic carbocycles. The van der Waals surface area contributed by atoms with Gasteiger partial charge in [0, 0.05) is 55.3 Å². The van der Waals surface area contributed by atoms with Crippen molar-refractivity contribution in [2.45, 2.75) is 25.5 Å².